The zero-order valence-electron chi connectivity index (χ0n) is 13.1. The summed E-state index contributed by atoms with van der Waals surface area (Å²) >= 11 is 0. The number of unbranched alkanes of at least 4 members (excludes halogenated alkanes) is 9. The third-order valence-corrected chi connectivity index (χ3v) is 4.49. The topological polar surface area (TPSA) is 91.7 Å². The van der Waals surface area contributed by atoms with E-state index in [4.69, 9.17) is 9.66 Å². The Balaban J connectivity index is 3.57. The molecule has 126 valence electrons. The van der Waals surface area contributed by atoms with E-state index in [1.165, 1.54) is 38.5 Å². The molecule has 0 spiro atoms. The zero-order valence-corrected chi connectivity index (χ0v) is 13.9. The van der Waals surface area contributed by atoms with Crippen molar-refractivity contribution < 1.29 is 22.9 Å². The van der Waals surface area contributed by atoms with Crippen LogP contribution in [0.1, 0.15) is 77.6 Å². The minimum atomic E-state index is -4.21. The fourth-order valence-electron chi connectivity index (χ4n) is 2.41. The van der Waals surface area contributed by atoms with E-state index in [0.29, 0.717) is 12.8 Å². The Bertz CT molecular complexity index is 364. The summed E-state index contributed by atoms with van der Waals surface area (Å²) in [5.74, 6) is -2.82. The molecule has 0 saturated carbocycles. The highest BCUT2D eigenvalue weighted by molar-refractivity contribution is 7.85. The smallest absolute Gasteiger partial charge is 0.307 e. The summed E-state index contributed by atoms with van der Waals surface area (Å²) in [6, 6.07) is 0. The third kappa shape index (κ3) is 14.1. The quantitative estimate of drug-likeness (QED) is 0.374. The maximum absolute atomic E-state index is 10.9. The number of carbonyl (C=O) groups is 1. The van der Waals surface area contributed by atoms with Gasteiger partial charge in [-0.25, -0.2) is 0 Å². The van der Waals surface area contributed by atoms with Crippen molar-refractivity contribution in [2.75, 3.05) is 5.75 Å². The van der Waals surface area contributed by atoms with Gasteiger partial charge in [0.25, 0.3) is 10.1 Å². The first-order valence-corrected chi connectivity index (χ1v) is 9.65. The average Bonchev–Trinajstić information content (AvgIpc) is 2.38. The van der Waals surface area contributed by atoms with Crippen LogP contribution in [0.25, 0.3) is 0 Å². The van der Waals surface area contributed by atoms with E-state index in [1.807, 2.05) is 0 Å². The molecule has 6 heteroatoms. The predicted octanol–water partition coefficient (Wildman–Crippen LogP) is 3.89. The molecule has 0 saturated heterocycles. The van der Waals surface area contributed by atoms with Crippen molar-refractivity contribution in [3.8, 4) is 0 Å². The maximum atomic E-state index is 10.9. The molecule has 0 amide bonds. The monoisotopic (exact) mass is 322 g/mol. The summed E-state index contributed by atoms with van der Waals surface area (Å²) in [5.41, 5.74) is 0. The fraction of sp³-hybridized carbons (Fsp3) is 0.933. The van der Waals surface area contributed by atoms with Crippen LogP contribution in [-0.4, -0.2) is 29.8 Å². The van der Waals surface area contributed by atoms with Crippen LogP contribution in [0.15, 0.2) is 0 Å². The standard InChI is InChI=1S/C15H30O5S/c1-2-3-4-5-6-7-8-9-10-11-12-14(15(16)17)13-21(18,19)20/h14H,2-13H2,1H3,(H,16,17)(H,18,19,20). The first-order chi connectivity index (χ1) is 9.87. The molecule has 0 heterocycles. The molecule has 0 aromatic rings. The fourth-order valence-corrected chi connectivity index (χ4v) is 3.23. The molecule has 0 fully saturated rings. The van der Waals surface area contributed by atoms with E-state index in [2.05, 4.69) is 6.92 Å². The van der Waals surface area contributed by atoms with Crippen molar-refractivity contribution in [2.24, 2.45) is 5.92 Å². The Morgan fingerprint density at radius 2 is 1.33 bits per heavy atom. The minimum Gasteiger partial charge on any atom is -0.481 e. The molecular weight excluding hydrogens is 292 g/mol. The molecule has 0 bridgehead atoms. The van der Waals surface area contributed by atoms with E-state index in [0.717, 1.165) is 19.3 Å². The largest absolute Gasteiger partial charge is 0.481 e. The Morgan fingerprint density at radius 3 is 1.71 bits per heavy atom. The summed E-state index contributed by atoms with van der Waals surface area (Å²) < 4.78 is 30.1. The third-order valence-electron chi connectivity index (χ3n) is 3.67. The summed E-state index contributed by atoms with van der Waals surface area (Å²) in [6.45, 7) is 2.20. The number of rotatable bonds is 14. The normalized spacial score (nSPS) is 13.2. The van der Waals surface area contributed by atoms with E-state index < -0.39 is 27.8 Å². The average molecular weight is 322 g/mol. The molecule has 0 aliphatic heterocycles. The van der Waals surface area contributed by atoms with Crippen molar-refractivity contribution >= 4 is 16.1 Å². The van der Waals surface area contributed by atoms with Crippen molar-refractivity contribution in [2.45, 2.75) is 77.6 Å². The molecule has 21 heavy (non-hydrogen) atoms. The van der Waals surface area contributed by atoms with Gasteiger partial charge in [0.15, 0.2) is 0 Å². The second kappa shape index (κ2) is 12.0. The number of carboxylic acids is 1. The van der Waals surface area contributed by atoms with Gasteiger partial charge in [-0.2, -0.15) is 8.42 Å². The molecule has 5 nitrogen and oxygen atoms in total. The van der Waals surface area contributed by atoms with Gasteiger partial charge in [0, 0.05) is 0 Å². The summed E-state index contributed by atoms with van der Waals surface area (Å²) in [5, 5.41) is 8.90. The van der Waals surface area contributed by atoms with E-state index in [-0.39, 0.29) is 0 Å². The first-order valence-electron chi connectivity index (χ1n) is 8.04. The Morgan fingerprint density at radius 1 is 0.905 bits per heavy atom. The summed E-state index contributed by atoms with van der Waals surface area (Å²) in [4.78, 5) is 10.9. The lowest BCUT2D eigenvalue weighted by Crippen LogP contribution is -2.23. The van der Waals surface area contributed by atoms with Gasteiger partial charge in [0.05, 0.1) is 11.7 Å². The van der Waals surface area contributed by atoms with Gasteiger partial charge >= 0.3 is 5.97 Å². The Hall–Kier alpha value is -0.620. The lowest BCUT2D eigenvalue weighted by Gasteiger charge is -2.10. The van der Waals surface area contributed by atoms with Gasteiger partial charge in [-0.05, 0) is 6.42 Å². The highest BCUT2D eigenvalue weighted by atomic mass is 32.2. The van der Waals surface area contributed by atoms with Crippen LogP contribution in [0.4, 0.5) is 0 Å². The Labute approximate surface area is 128 Å². The van der Waals surface area contributed by atoms with Crippen LogP contribution in [0.5, 0.6) is 0 Å². The van der Waals surface area contributed by atoms with Crippen LogP contribution < -0.4 is 0 Å². The minimum absolute atomic E-state index is 0.311. The summed E-state index contributed by atoms with van der Waals surface area (Å²) in [7, 11) is -4.21. The Kier molecular flexibility index (Phi) is 11.6. The van der Waals surface area contributed by atoms with Crippen LogP contribution in [-0.2, 0) is 14.9 Å². The van der Waals surface area contributed by atoms with E-state index in [9.17, 15) is 13.2 Å². The van der Waals surface area contributed by atoms with E-state index >= 15 is 0 Å². The molecule has 0 aromatic heterocycles. The van der Waals surface area contributed by atoms with Crippen molar-refractivity contribution in [3.63, 3.8) is 0 Å². The number of hydrogen-bond acceptors (Lipinski definition) is 3. The number of carboxylic acid groups (broad SMARTS) is 1. The molecule has 0 rings (SSSR count). The maximum Gasteiger partial charge on any atom is 0.307 e. The predicted molar refractivity (Wildman–Crippen MR) is 84.0 cm³/mol. The molecule has 0 radical (unpaired) electrons. The van der Waals surface area contributed by atoms with Gasteiger partial charge in [-0.3, -0.25) is 9.35 Å². The second-order valence-corrected chi connectivity index (χ2v) is 7.25. The molecular formula is C15H30O5S. The van der Waals surface area contributed by atoms with Crippen LogP contribution >= 0.6 is 0 Å². The van der Waals surface area contributed by atoms with Crippen LogP contribution in [0.2, 0.25) is 0 Å². The highest BCUT2D eigenvalue weighted by Gasteiger charge is 2.23. The van der Waals surface area contributed by atoms with Crippen LogP contribution in [0, 0.1) is 5.92 Å². The van der Waals surface area contributed by atoms with Crippen molar-refractivity contribution in [1.29, 1.82) is 0 Å². The molecule has 0 aliphatic carbocycles. The van der Waals surface area contributed by atoms with E-state index in [1.54, 1.807) is 0 Å². The number of hydrogen-bond donors (Lipinski definition) is 2. The molecule has 2 N–H and O–H groups in total. The highest BCUT2D eigenvalue weighted by Crippen LogP contribution is 2.15. The first kappa shape index (κ1) is 20.4. The van der Waals surface area contributed by atoms with Gasteiger partial charge in [-0.1, -0.05) is 71.1 Å². The zero-order chi connectivity index (χ0) is 16.1. The lowest BCUT2D eigenvalue weighted by atomic mass is 10.0. The molecule has 1 unspecified atom stereocenters. The van der Waals surface area contributed by atoms with Gasteiger partial charge < -0.3 is 5.11 Å². The molecule has 0 aromatic carbocycles. The van der Waals surface area contributed by atoms with Crippen molar-refractivity contribution in [1.82, 2.24) is 0 Å². The van der Waals surface area contributed by atoms with Gasteiger partial charge in [-0.15, -0.1) is 0 Å². The van der Waals surface area contributed by atoms with Crippen LogP contribution in [0.3, 0.4) is 0 Å². The summed E-state index contributed by atoms with van der Waals surface area (Å²) in [6.07, 6.45) is 11.8. The molecule has 0 aliphatic rings. The van der Waals surface area contributed by atoms with Gasteiger partial charge in [0.2, 0.25) is 0 Å². The second-order valence-electron chi connectivity index (χ2n) is 5.75. The lowest BCUT2D eigenvalue weighted by molar-refractivity contribution is -0.141. The number of aliphatic carboxylic acids is 1. The molecule has 1 atom stereocenters. The SMILES string of the molecule is CCCCCCCCCCCCC(CS(=O)(=O)O)C(=O)O. The van der Waals surface area contributed by atoms with Gasteiger partial charge in [0.1, 0.15) is 0 Å². The van der Waals surface area contributed by atoms with Crippen molar-refractivity contribution in [3.05, 3.63) is 0 Å².